The first kappa shape index (κ1) is 21.0. The summed E-state index contributed by atoms with van der Waals surface area (Å²) in [4.78, 5) is 20.1. The Kier molecular flexibility index (Phi) is 5.12. The highest BCUT2D eigenvalue weighted by Gasteiger charge is 2.31. The lowest BCUT2D eigenvalue weighted by molar-refractivity contribution is -0.137. The number of halogens is 4. The molecule has 4 rings (SSSR count). The first-order valence-electron chi connectivity index (χ1n) is 9.04. The lowest BCUT2D eigenvalue weighted by Crippen LogP contribution is -2.16. The lowest BCUT2D eigenvalue weighted by atomic mass is 10.1. The molecular formula is C20H14F4N6O2. The van der Waals surface area contributed by atoms with Gasteiger partial charge in [-0.15, -0.1) is 0 Å². The van der Waals surface area contributed by atoms with Crippen LogP contribution < -0.4 is 11.1 Å². The second-order valence-corrected chi connectivity index (χ2v) is 6.64. The van der Waals surface area contributed by atoms with Gasteiger partial charge >= 0.3 is 6.18 Å². The molecule has 4 aromatic rings. The Labute approximate surface area is 177 Å². The quantitative estimate of drug-likeness (QED) is 0.454. The van der Waals surface area contributed by atoms with Crippen LogP contribution in [-0.2, 0) is 6.18 Å². The van der Waals surface area contributed by atoms with Gasteiger partial charge in [0.2, 0.25) is 0 Å². The van der Waals surface area contributed by atoms with Crippen LogP contribution in [0, 0.1) is 12.7 Å². The van der Waals surface area contributed by atoms with E-state index >= 15 is 0 Å². The monoisotopic (exact) mass is 446 g/mol. The van der Waals surface area contributed by atoms with Gasteiger partial charge in [0.25, 0.3) is 5.91 Å². The van der Waals surface area contributed by atoms with Crippen molar-refractivity contribution in [2.75, 3.05) is 11.1 Å². The van der Waals surface area contributed by atoms with E-state index in [0.29, 0.717) is 6.20 Å². The Hall–Kier alpha value is -4.22. The van der Waals surface area contributed by atoms with E-state index in [-0.39, 0.29) is 39.9 Å². The first-order valence-corrected chi connectivity index (χ1v) is 9.04. The first-order chi connectivity index (χ1) is 15.2. The molecule has 0 aliphatic carbocycles. The lowest BCUT2D eigenvalue weighted by Gasteiger charge is -2.10. The number of nitrogen functional groups attached to an aromatic ring is 1. The maximum atomic E-state index is 14.6. The molecule has 0 aliphatic rings. The summed E-state index contributed by atoms with van der Waals surface area (Å²) in [6, 6.07) is 6.00. The predicted molar refractivity (Wildman–Crippen MR) is 105 cm³/mol. The van der Waals surface area contributed by atoms with Crippen molar-refractivity contribution in [3.05, 3.63) is 71.8 Å². The average Bonchev–Trinajstić information content (AvgIpc) is 3.35. The van der Waals surface area contributed by atoms with Crippen LogP contribution in [-0.4, -0.2) is 25.7 Å². The smallest absolute Gasteiger partial charge is 0.417 e. The molecule has 3 aromatic heterocycles. The van der Waals surface area contributed by atoms with Gasteiger partial charge in [-0.2, -0.15) is 18.3 Å². The molecule has 0 bridgehead atoms. The van der Waals surface area contributed by atoms with E-state index in [9.17, 15) is 22.4 Å². The number of pyridine rings is 1. The van der Waals surface area contributed by atoms with Crippen LogP contribution in [0.25, 0.3) is 17.0 Å². The van der Waals surface area contributed by atoms with Gasteiger partial charge in [-0.1, -0.05) is 6.07 Å². The minimum absolute atomic E-state index is 0.0376. The SMILES string of the molecule is Cc1nn(-c2cccc(F)c2-c2cnco2)c(N)c1C(=O)Nc1ccc(C(F)(F)F)cn1. The Morgan fingerprint density at radius 1 is 1.19 bits per heavy atom. The van der Waals surface area contributed by atoms with Gasteiger partial charge in [0, 0.05) is 6.20 Å². The number of oxazole rings is 1. The number of hydrogen-bond acceptors (Lipinski definition) is 6. The number of hydrogen-bond donors (Lipinski definition) is 2. The summed E-state index contributed by atoms with van der Waals surface area (Å²) in [5.41, 5.74) is 5.60. The van der Waals surface area contributed by atoms with E-state index in [2.05, 4.69) is 20.4 Å². The van der Waals surface area contributed by atoms with Crippen LogP contribution in [0.1, 0.15) is 21.6 Å². The molecule has 3 heterocycles. The van der Waals surface area contributed by atoms with Crippen molar-refractivity contribution >= 4 is 17.5 Å². The summed E-state index contributed by atoms with van der Waals surface area (Å²) in [5, 5.41) is 6.62. The molecule has 0 unspecified atom stereocenters. The largest absolute Gasteiger partial charge is 0.443 e. The number of nitrogens with two attached hydrogens (primary N) is 1. The summed E-state index contributed by atoms with van der Waals surface area (Å²) in [6.07, 6.45) is -1.49. The molecule has 0 spiro atoms. The molecule has 32 heavy (non-hydrogen) atoms. The Morgan fingerprint density at radius 2 is 1.97 bits per heavy atom. The molecule has 0 saturated heterocycles. The number of amides is 1. The molecule has 0 fully saturated rings. The Bertz CT molecular complexity index is 1280. The summed E-state index contributed by atoms with van der Waals surface area (Å²) in [7, 11) is 0. The fourth-order valence-electron chi connectivity index (χ4n) is 3.10. The molecule has 12 heteroatoms. The Morgan fingerprint density at radius 3 is 2.59 bits per heavy atom. The second-order valence-electron chi connectivity index (χ2n) is 6.64. The van der Waals surface area contributed by atoms with Crippen molar-refractivity contribution in [2.24, 2.45) is 0 Å². The van der Waals surface area contributed by atoms with Crippen molar-refractivity contribution in [2.45, 2.75) is 13.1 Å². The zero-order valence-electron chi connectivity index (χ0n) is 16.3. The number of rotatable bonds is 4. The van der Waals surface area contributed by atoms with Crippen molar-refractivity contribution in [3.63, 3.8) is 0 Å². The van der Waals surface area contributed by atoms with E-state index in [1.54, 1.807) is 0 Å². The highest BCUT2D eigenvalue weighted by Crippen LogP contribution is 2.32. The van der Waals surface area contributed by atoms with Gasteiger partial charge in [0.1, 0.15) is 23.0 Å². The zero-order chi connectivity index (χ0) is 23.0. The number of nitrogens with one attached hydrogen (secondary N) is 1. The van der Waals surface area contributed by atoms with E-state index in [1.165, 1.54) is 36.0 Å². The highest BCUT2D eigenvalue weighted by atomic mass is 19.4. The molecule has 0 saturated carbocycles. The number of benzene rings is 1. The van der Waals surface area contributed by atoms with Crippen LogP contribution in [0.2, 0.25) is 0 Å². The van der Waals surface area contributed by atoms with Crippen molar-refractivity contribution < 1.29 is 26.8 Å². The molecule has 0 atom stereocenters. The third-order valence-electron chi connectivity index (χ3n) is 4.55. The average molecular weight is 446 g/mol. The summed E-state index contributed by atoms with van der Waals surface area (Å²) in [5.74, 6) is -1.45. The predicted octanol–water partition coefficient (Wildman–Crippen LogP) is 4.22. The molecule has 0 aliphatic heterocycles. The van der Waals surface area contributed by atoms with Crippen molar-refractivity contribution in [1.82, 2.24) is 19.7 Å². The summed E-state index contributed by atoms with van der Waals surface area (Å²) >= 11 is 0. The van der Waals surface area contributed by atoms with Crippen LogP contribution >= 0.6 is 0 Å². The van der Waals surface area contributed by atoms with Crippen LogP contribution in [0.5, 0.6) is 0 Å². The van der Waals surface area contributed by atoms with Gasteiger partial charge in [-0.3, -0.25) is 4.79 Å². The van der Waals surface area contributed by atoms with Gasteiger partial charge in [-0.05, 0) is 31.2 Å². The van der Waals surface area contributed by atoms with E-state index in [4.69, 9.17) is 10.2 Å². The minimum atomic E-state index is -4.55. The van der Waals surface area contributed by atoms with E-state index in [0.717, 1.165) is 18.5 Å². The van der Waals surface area contributed by atoms with Crippen molar-refractivity contribution in [1.29, 1.82) is 0 Å². The molecular weight excluding hydrogens is 432 g/mol. The molecule has 164 valence electrons. The van der Waals surface area contributed by atoms with Crippen molar-refractivity contribution in [3.8, 4) is 17.0 Å². The fourth-order valence-corrected chi connectivity index (χ4v) is 3.10. The van der Waals surface area contributed by atoms with Crippen LogP contribution in [0.15, 0.2) is 53.5 Å². The molecule has 1 amide bonds. The zero-order valence-corrected chi connectivity index (χ0v) is 16.3. The molecule has 0 radical (unpaired) electrons. The molecule has 8 nitrogen and oxygen atoms in total. The number of carbonyl (C=O) groups excluding carboxylic acids is 1. The number of alkyl halides is 3. The van der Waals surface area contributed by atoms with Crippen LogP contribution in [0.3, 0.4) is 0 Å². The second kappa shape index (κ2) is 7.80. The third kappa shape index (κ3) is 3.77. The number of aromatic nitrogens is 4. The summed E-state index contributed by atoms with van der Waals surface area (Å²) < 4.78 is 59.0. The van der Waals surface area contributed by atoms with Gasteiger partial charge in [-0.25, -0.2) is 19.0 Å². The minimum Gasteiger partial charge on any atom is -0.443 e. The topological polar surface area (TPSA) is 112 Å². The van der Waals surface area contributed by atoms with Crippen LogP contribution in [0.4, 0.5) is 29.2 Å². The standard InChI is InChI=1S/C20H14F4N6O2/c1-10-16(19(31)28-15-6-5-11(7-27-15)20(22,23)24)18(25)30(29-10)13-4-2-3-12(21)17(13)14-8-26-9-32-14/h2-9H,25H2,1H3,(H,27,28,31). The number of anilines is 2. The third-order valence-corrected chi connectivity index (χ3v) is 4.55. The van der Waals surface area contributed by atoms with Gasteiger partial charge in [0.15, 0.2) is 12.2 Å². The number of carbonyl (C=O) groups is 1. The van der Waals surface area contributed by atoms with Gasteiger partial charge < -0.3 is 15.5 Å². The maximum Gasteiger partial charge on any atom is 0.417 e. The molecule has 3 N–H and O–H groups in total. The van der Waals surface area contributed by atoms with E-state index < -0.39 is 23.5 Å². The highest BCUT2D eigenvalue weighted by molar-refractivity contribution is 6.08. The molecule has 1 aromatic carbocycles. The Balaban J connectivity index is 1.69. The fraction of sp³-hybridized carbons (Fsp3) is 0.100. The van der Waals surface area contributed by atoms with Gasteiger partial charge in [0.05, 0.1) is 28.7 Å². The number of aryl methyl sites for hydroxylation is 1. The summed E-state index contributed by atoms with van der Waals surface area (Å²) in [6.45, 7) is 1.51. The van der Waals surface area contributed by atoms with E-state index in [1.807, 2.05) is 0 Å². The normalized spacial score (nSPS) is 11.5. The maximum absolute atomic E-state index is 14.6. The number of nitrogens with zero attached hydrogens (tertiary/aromatic N) is 4.